The third-order valence-electron chi connectivity index (χ3n) is 5.01. The van der Waals surface area contributed by atoms with Crippen molar-refractivity contribution in [2.45, 2.75) is 71.3 Å². The van der Waals surface area contributed by atoms with E-state index in [0.717, 1.165) is 6.26 Å². The molecule has 0 aliphatic heterocycles. The van der Waals surface area contributed by atoms with Gasteiger partial charge < -0.3 is 13.7 Å². The maximum absolute atomic E-state index is 11.9. The van der Waals surface area contributed by atoms with E-state index in [9.17, 15) is 13.2 Å². The minimum Gasteiger partial charge on any atom is -0.461 e. The molecule has 8 nitrogen and oxygen atoms in total. The van der Waals surface area contributed by atoms with Crippen molar-refractivity contribution in [1.29, 1.82) is 0 Å². The fourth-order valence-electron chi connectivity index (χ4n) is 2.50. The summed E-state index contributed by atoms with van der Waals surface area (Å²) in [6.07, 6.45) is 4.33. The quantitative estimate of drug-likeness (QED) is 0.316. The van der Waals surface area contributed by atoms with Gasteiger partial charge in [-0.25, -0.2) is 9.78 Å². The second-order valence-corrected chi connectivity index (χ2v) is 14.8. The SMILES string of the molecule is CCOC(=O)c1cn([C@H](CCOS(C)(=O)=O)[C@H](C)O[Si](C)(C)C(C)(C)C)cn1. The number of ether oxygens (including phenoxy) is 1. The van der Waals surface area contributed by atoms with E-state index >= 15 is 0 Å². The lowest BCUT2D eigenvalue weighted by atomic mass is 10.1. The van der Waals surface area contributed by atoms with Gasteiger partial charge in [0.15, 0.2) is 14.0 Å². The lowest BCUT2D eigenvalue weighted by molar-refractivity contribution is 0.0519. The molecule has 1 aromatic rings. The summed E-state index contributed by atoms with van der Waals surface area (Å²) in [5.41, 5.74) is 0.204. The zero-order chi connectivity index (χ0) is 21.8. The van der Waals surface area contributed by atoms with Gasteiger partial charge in [0, 0.05) is 6.20 Å². The molecule has 1 heterocycles. The van der Waals surface area contributed by atoms with Crippen molar-refractivity contribution in [3.63, 3.8) is 0 Å². The van der Waals surface area contributed by atoms with Crippen molar-refractivity contribution in [1.82, 2.24) is 9.55 Å². The Bertz CT molecular complexity index is 754. The highest BCUT2D eigenvalue weighted by Gasteiger charge is 2.40. The van der Waals surface area contributed by atoms with Crippen LogP contribution in [0.2, 0.25) is 18.1 Å². The summed E-state index contributed by atoms with van der Waals surface area (Å²) in [4.78, 5) is 16.1. The smallest absolute Gasteiger partial charge is 0.358 e. The highest BCUT2D eigenvalue weighted by atomic mass is 32.2. The van der Waals surface area contributed by atoms with Crippen LogP contribution in [0.3, 0.4) is 0 Å². The van der Waals surface area contributed by atoms with E-state index in [1.165, 1.54) is 0 Å². The van der Waals surface area contributed by atoms with Gasteiger partial charge in [-0.1, -0.05) is 20.8 Å². The van der Waals surface area contributed by atoms with Crippen LogP contribution in [0.15, 0.2) is 12.5 Å². The Morgan fingerprint density at radius 3 is 2.43 bits per heavy atom. The van der Waals surface area contributed by atoms with Crippen LogP contribution in [0.25, 0.3) is 0 Å². The number of carbonyl (C=O) groups excluding carboxylic acids is 1. The van der Waals surface area contributed by atoms with E-state index < -0.39 is 24.4 Å². The molecular formula is C18H34N2O6SSi. The van der Waals surface area contributed by atoms with Crippen molar-refractivity contribution in [2.75, 3.05) is 19.5 Å². The first-order chi connectivity index (χ1) is 12.7. The maximum atomic E-state index is 11.9. The van der Waals surface area contributed by atoms with E-state index in [0.29, 0.717) is 6.42 Å². The second kappa shape index (κ2) is 9.51. The molecule has 0 amide bonds. The predicted octanol–water partition coefficient (Wildman–Crippen LogP) is 3.38. The van der Waals surface area contributed by atoms with Crippen LogP contribution < -0.4 is 0 Å². The molecule has 1 rings (SSSR count). The molecule has 28 heavy (non-hydrogen) atoms. The molecule has 0 fully saturated rings. The van der Waals surface area contributed by atoms with E-state index in [1.54, 1.807) is 24.0 Å². The summed E-state index contributed by atoms with van der Waals surface area (Å²) in [6.45, 7) is 14.8. The van der Waals surface area contributed by atoms with Crippen LogP contribution in [0.5, 0.6) is 0 Å². The van der Waals surface area contributed by atoms with Crippen LogP contribution in [0.1, 0.15) is 57.6 Å². The van der Waals surface area contributed by atoms with E-state index in [4.69, 9.17) is 13.3 Å². The highest BCUT2D eigenvalue weighted by Crippen LogP contribution is 2.38. The average molecular weight is 435 g/mol. The van der Waals surface area contributed by atoms with Crippen LogP contribution >= 0.6 is 0 Å². The van der Waals surface area contributed by atoms with Crippen LogP contribution in [-0.2, 0) is 23.5 Å². The molecule has 0 spiro atoms. The summed E-state index contributed by atoms with van der Waals surface area (Å²) in [7, 11) is -5.58. The summed E-state index contributed by atoms with van der Waals surface area (Å²) in [5.74, 6) is -0.495. The molecule has 0 aliphatic carbocycles. The van der Waals surface area contributed by atoms with Crippen molar-refractivity contribution in [3.05, 3.63) is 18.2 Å². The average Bonchev–Trinajstić information content (AvgIpc) is 2.98. The van der Waals surface area contributed by atoms with Gasteiger partial charge in [-0.05, 0) is 38.4 Å². The van der Waals surface area contributed by atoms with Crippen molar-refractivity contribution >= 4 is 24.4 Å². The Kier molecular flexibility index (Phi) is 8.42. The Balaban J connectivity index is 3.06. The lowest BCUT2D eigenvalue weighted by Crippen LogP contribution is -2.45. The van der Waals surface area contributed by atoms with Gasteiger partial charge in [-0.15, -0.1) is 0 Å². The number of nitrogens with zero attached hydrogens (tertiary/aromatic N) is 2. The minimum atomic E-state index is -3.53. The molecule has 2 atom stereocenters. The number of imidazole rings is 1. The summed E-state index contributed by atoms with van der Waals surface area (Å²) < 4.78 is 40.8. The first-order valence-corrected chi connectivity index (χ1v) is 14.1. The molecule has 10 heteroatoms. The number of esters is 1. The fourth-order valence-corrected chi connectivity index (χ4v) is 4.33. The largest absolute Gasteiger partial charge is 0.461 e. The molecule has 0 saturated carbocycles. The summed E-state index contributed by atoms with van der Waals surface area (Å²) in [6, 6.07) is -0.244. The second-order valence-electron chi connectivity index (χ2n) is 8.39. The Hall–Kier alpha value is -1.23. The number of hydrogen-bond acceptors (Lipinski definition) is 7. The van der Waals surface area contributed by atoms with Crippen molar-refractivity contribution < 1.29 is 26.6 Å². The molecule has 0 radical (unpaired) electrons. The normalized spacial score (nSPS) is 15.3. The fraction of sp³-hybridized carbons (Fsp3) is 0.778. The summed E-state index contributed by atoms with van der Waals surface area (Å²) in [5, 5.41) is 0.0279. The third kappa shape index (κ3) is 7.30. The van der Waals surface area contributed by atoms with Crippen molar-refractivity contribution in [3.8, 4) is 0 Å². The molecule has 1 aromatic heterocycles. The van der Waals surface area contributed by atoms with Gasteiger partial charge in [0.1, 0.15) is 0 Å². The van der Waals surface area contributed by atoms with Crippen LogP contribution in [0.4, 0.5) is 0 Å². The Labute approximate surface area is 169 Å². The third-order valence-corrected chi connectivity index (χ3v) is 10.2. The molecule has 0 N–H and O–H groups in total. The molecule has 162 valence electrons. The van der Waals surface area contributed by atoms with Gasteiger partial charge in [0.2, 0.25) is 0 Å². The maximum Gasteiger partial charge on any atom is 0.358 e. The molecule has 0 aliphatic rings. The topological polar surface area (TPSA) is 96.7 Å². The highest BCUT2D eigenvalue weighted by molar-refractivity contribution is 7.85. The minimum absolute atomic E-state index is 0.0155. The predicted molar refractivity (Wildman–Crippen MR) is 110 cm³/mol. The molecule has 0 aromatic carbocycles. The van der Waals surface area contributed by atoms with Gasteiger partial charge in [-0.2, -0.15) is 8.42 Å². The number of carbonyl (C=O) groups is 1. The van der Waals surface area contributed by atoms with Crippen LogP contribution in [0, 0.1) is 0 Å². The van der Waals surface area contributed by atoms with Gasteiger partial charge in [0.05, 0.1) is 37.9 Å². The number of hydrogen-bond donors (Lipinski definition) is 0. The van der Waals surface area contributed by atoms with Crippen LogP contribution in [-0.4, -0.2) is 57.8 Å². The van der Waals surface area contributed by atoms with E-state index in [1.807, 2.05) is 6.92 Å². The van der Waals surface area contributed by atoms with Gasteiger partial charge >= 0.3 is 5.97 Å². The van der Waals surface area contributed by atoms with E-state index in [2.05, 4.69) is 38.8 Å². The zero-order valence-electron chi connectivity index (χ0n) is 18.2. The molecule has 0 saturated heterocycles. The van der Waals surface area contributed by atoms with Crippen molar-refractivity contribution in [2.24, 2.45) is 0 Å². The standard InChI is InChI=1S/C18H34N2O6SSi/c1-9-24-17(21)15-12-20(13-19-15)16(10-11-25-27(6,22)23)14(2)26-28(7,8)18(3,4)5/h12-14,16H,9-11H2,1-8H3/t14-,16+/m0/s1. The number of rotatable bonds is 10. The Morgan fingerprint density at radius 2 is 1.93 bits per heavy atom. The lowest BCUT2D eigenvalue weighted by Gasteiger charge is -2.40. The Morgan fingerprint density at radius 1 is 1.32 bits per heavy atom. The molecular weight excluding hydrogens is 400 g/mol. The first kappa shape index (κ1) is 24.8. The summed E-state index contributed by atoms with van der Waals surface area (Å²) >= 11 is 0. The monoisotopic (exact) mass is 434 g/mol. The number of aromatic nitrogens is 2. The van der Waals surface area contributed by atoms with E-state index in [-0.39, 0.29) is 36.1 Å². The molecule has 0 bridgehead atoms. The van der Waals surface area contributed by atoms with Gasteiger partial charge in [-0.3, -0.25) is 4.18 Å². The first-order valence-electron chi connectivity index (χ1n) is 9.40. The zero-order valence-corrected chi connectivity index (χ0v) is 20.0. The molecule has 0 unspecified atom stereocenters. The van der Waals surface area contributed by atoms with Gasteiger partial charge in [0.25, 0.3) is 10.1 Å².